The van der Waals surface area contributed by atoms with Gasteiger partial charge in [-0.05, 0) is 36.1 Å². The number of benzene rings is 1. The Hall–Kier alpha value is -0.730. The number of hydrogen-bond acceptors (Lipinski definition) is 2. The molecule has 0 spiro atoms. The van der Waals surface area contributed by atoms with Crippen LogP contribution in [0.4, 0.5) is 4.79 Å². The van der Waals surface area contributed by atoms with Crippen molar-refractivity contribution in [1.29, 1.82) is 0 Å². The highest BCUT2D eigenvalue weighted by Crippen LogP contribution is 2.31. The van der Waals surface area contributed by atoms with E-state index in [2.05, 4.69) is 0 Å². The lowest BCUT2D eigenvalue weighted by atomic mass is 10.0. The Morgan fingerprint density at radius 2 is 2.00 bits per heavy atom. The van der Waals surface area contributed by atoms with Crippen molar-refractivity contribution in [3.8, 4) is 5.75 Å². The number of halogens is 2. The highest BCUT2D eigenvalue weighted by molar-refractivity contribution is 6.61. The zero-order chi connectivity index (χ0) is 11.6. The van der Waals surface area contributed by atoms with Crippen LogP contribution in [0.1, 0.15) is 30.9 Å². The monoisotopic (exact) mass is 246 g/mol. The summed E-state index contributed by atoms with van der Waals surface area (Å²) in [5, 5.41) is 0.678. The fraction of sp³-hybridized carbons (Fsp3) is 0.364. The summed E-state index contributed by atoms with van der Waals surface area (Å²) in [6, 6.07) is 3.52. The topological polar surface area (TPSA) is 26.3 Å². The highest BCUT2D eigenvalue weighted by Gasteiger charge is 2.11. The van der Waals surface area contributed by atoms with Crippen LogP contribution in [0.2, 0.25) is 5.02 Å². The third kappa shape index (κ3) is 3.11. The number of carbonyl (C=O) groups is 1. The predicted octanol–water partition coefficient (Wildman–Crippen LogP) is 4.51. The van der Waals surface area contributed by atoms with Gasteiger partial charge in [0.05, 0.1) is 0 Å². The van der Waals surface area contributed by atoms with E-state index >= 15 is 0 Å². The van der Waals surface area contributed by atoms with Gasteiger partial charge < -0.3 is 4.74 Å². The molecule has 82 valence electrons. The maximum Gasteiger partial charge on any atom is 0.409 e. The first-order valence-corrected chi connectivity index (χ1v) is 5.34. The molecule has 0 unspecified atom stereocenters. The van der Waals surface area contributed by atoms with Gasteiger partial charge in [0.1, 0.15) is 5.75 Å². The molecule has 1 aromatic rings. The molecule has 0 aliphatic heterocycles. The summed E-state index contributed by atoms with van der Waals surface area (Å²) in [4.78, 5) is 10.6. The molecule has 15 heavy (non-hydrogen) atoms. The molecule has 0 atom stereocenters. The van der Waals surface area contributed by atoms with E-state index in [1.165, 1.54) is 0 Å². The molecular weight excluding hydrogens is 235 g/mol. The lowest BCUT2D eigenvalue weighted by Gasteiger charge is -2.12. The summed E-state index contributed by atoms with van der Waals surface area (Å²) in [6.07, 6.45) is 0. The molecular formula is C11H12Cl2O2. The van der Waals surface area contributed by atoms with Crippen LogP contribution in [0.25, 0.3) is 0 Å². The Bertz CT molecular complexity index is 386. The summed E-state index contributed by atoms with van der Waals surface area (Å²) in [5.74, 6) is 0.731. The first kappa shape index (κ1) is 12.3. The average Bonchev–Trinajstić information content (AvgIpc) is 2.08. The summed E-state index contributed by atoms with van der Waals surface area (Å²) in [5.41, 5.74) is 0.892. The molecule has 1 rings (SSSR count). The summed E-state index contributed by atoms with van der Waals surface area (Å²) >= 11 is 11.2. The Balaban J connectivity index is 3.17. The van der Waals surface area contributed by atoms with Gasteiger partial charge in [-0.25, -0.2) is 4.79 Å². The van der Waals surface area contributed by atoms with E-state index < -0.39 is 5.43 Å². The number of rotatable bonds is 2. The minimum atomic E-state index is -0.838. The molecule has 0 radical (unpaired) electrons. The van der Waals surface area contributed by atoms with Crippen molar-refractivity contribution >= 4 is 28.6 Å². The van der Waals surface area contributed by atoms with E-state index in [1.807, 2.05) is 20.8 Å². The van der Waals surface area contributed by atoms with Crippen LogP contribution in [0.5, 0.6) is 5.75 Å². The molecule has 0 bridgehead atoms. The Morgan fingerprint density at radius 3 is 2.47 bits per heavy atom. The highest BCUT2D eigenvalue weighted by atomic mass is 35.5. The second-order valence-corrected chi connectivity index (χ2v) is 4.35. The molecule has 0 fully saturated rings. The Morgan fingerprint density at radius 1 is 1.40 bits per heavy atom. The lowest BCUT2D eigenvalue weighted by molar-refractivity contribution is 0.225. The quantitative estimate of drug-likeness (QED) is 0.718. The predicted molar refractivity (Wildman–Crippen MR) is 62.2 cm³/mol. The molecule has 0 saturated heterocycles. The maximum atomic E-state index is 10.6. The third-order valence-corrected chi connectivity index (χ3v) is 2.51. The maximum absolute atomic E-state index is 10.6. The molecule has 0 N–H and O–H groups in total. The van der Waals surface area contributed by atoms with Gasteiger partial charge in [-0.15, -0.1) is 0 Å². The third-order valence-electron chi connectivity index (χ3n) is 2.11. The van der Waals surface area contributed by atoms with Crippen molar-refractivity contribution < 1.29 is 9.53 Å². The largest absolute Gasteiger partial charge is 0.414 e. The van der Waals surface area contributed by atoms with Crippen LogP contribution in [0.3, 0.4) is 0 Å². The second-order valence-electron chi connectivity index (χ2n) is 3.63. The second kappa shape index (κ2) is 4.86. The average molecular weight is 247 g/mol. The zero-order valence-corrected chi connectivity index (χ0v) is 10.3. The van der Waals surface area contributed by atoms with Gasteiger partial charge in [-0.2, -0.15) is 0 Å². The molecule has 0 saturated carbocycles. The smallest absolute Gasteiger partial charge is 0.409 e. The van der Waals surface area contributed by atoms with E-state index in [9.17, 15) is 4.79 Å². The molecule has 0 aliphatic rings. The summed E-state index contributed by atoms with van der Waals surface area (Å²) in [7, 11) is 0. The molecule has 0 heterocycles. The number of ether oxygens (including phenoxy) is 1. The van der Waals surface area contributed by atoms with Gasteiger partial charge in [-0.3, -0.25) is 0 Å². The van der Waals surface area contributed by atoms with Crippen molar-refractivity contribution in [2.45, 2.75) is 26.7 Å². The summed E-state index contributed by atoms with van der Waals surface area (Å²) < 4.78 is 4.86. The van der Waals surface area contributed by atoms with Gasteiger partial charge in [0.25, 0.3) is 0 Å². The van der Waals surface area contributed by atoms with Crippen LogP contribution in [0, 0.1) is 6.92 Å². The fourth-order valence-corrected chi connectivity index (χ4v) is 1.83. The molecule has 1 aromatic carbocycles. The van der Waals surface area contributed by atoms with E-state index in [4.69, 9.17) is 27.9 Å². The van der Waals surface area contributed by atoms with E-state index in [-0.39, 0.29) is 5.92 Å². The van der Waals surface area contributed by atoms with E-state index in [0.717, 1.165) is 11.1 Å². The normalized spacial score (nSPS) is 10.5. The number of carbonyl (C=O) groups excluding carboxylic acids is 1. The van der Waals surface area contributed by atoms with Gasteiger partial charge in [0.2, 0.25) is 0 Å². The molecule has 0 aliphatic carbocycles. The van der Waals surface area contributed by atoms with Gasteiger partial charge in [0.15, 0.2) is 0 Å². The van der Waals surface area contributed by atoms with Crippen LogP contribution < -0.4 is 4.74 Å². The van der Waals surface area contributed by atoms with Crippen molar-refractivity contribution in [3.05, 3.63) is 28.3 Å². The Kier molecular flexibility index (Phi) is 4.00. The van der Waals surface area contributed by atoms with Crippen LogP contribution >= 0.6 is 23.2 Å². The van der Waals surface area contributed by atoms with Crippen LogP contribution in [-0.4, -0.2) is 5.43 Å². The summed E-state index contributed by atoms with van der Waals surface area (Å²) in [6.45, 7) is 5.84. The first-order chi connectivity index (χ1) is 6.91. The van der Waals surface area contributed by atoms with Crippen molar-refractivity contribution in [3.63, 3.8) is 0 Å². The van der Waals surface area contributed by atoms with Crippen molar-refractivity contribution in [1.82, 2.24) is 0 Å². The minimum absolute atomic E-state index is 0.269. The SMILES string of the molecule is Cc1cc(Cl)c(C(C)C)cc1OC(=O)Cl. The van der Waals surface area contributed by atoms with Gasteiger partial charge >= 0.3 is 5.43 Å². The minimum Gasteiger partial charge on any atom is -0.414 e. The lowest BCUT2D eigenvalue weighted by Crippen LogP contribution is -2.00. The Labute approximate surface area is 99.1 Å². The van der Waals surface area contributed by atoms with E-state index in [0.29, 0.717) is 10.8 Å². The van der Waals surface area contributed by atoms with Crippen molar-refractivity contribution in [2.75, 3.05) is 0 Å². The zero-order valence-electron chi connectivity index (χ0n) is 8.80. The van der Waals surface area contributed by atoms with Crippen LogP contribution in [0.15, 0.2) is 12.1 Å². The van der Waals surface area contributed by atoms with E-state index in [1.54, 1.807) is 12.1 Å². The van der Waals surface area contributed by atoms with Crippen LogP contribution in [-0.2, 0) is 0 Å². The molecule has 2 nitrogen and oxygen atoms in total. The molecule has 0 aromatic heterocycles. The number of hydrogen-bond donors (Lipinski definition) is 0. The fourth-order valence-electron chi connectivity index (χ4n) is 1.31. The molecule has 4 heteroatoms. The van der Waals surface area contributed by atoms with Gasteiger partial charge in [-0.1, -0.05) is 25.4 Å². The van der Waals surface area contributed by atoms with Crippen molar-refractivity contribution in [2.24, 2.45) is 0 Å². The molecule has 0 amide bonds. The van der Waals surface area contributed by atoms with Gasteiger partial charge in [0, 0.05) is 16.6 Å². The standard InChI is InChI=1S/C11H12Cl2O2/c1-6(2)8-5-10(15-11(13)14)7(3)4-9(8)12/h4-6H,1-3H3. The number of aryl methyl sites for hydroxylation is 1. The first-order valence-electron chi connectivity index (χ1n) is 4.59.